The van der Waals surface area contributed by atoms with E-state index in [9.17, 15) is 10.1 Å². The lowest BCUT2D eigenvalue weighted by Gasteiger charge is -2.04. The quantitative estimate of drug-likeness (QED) is 0.412. The molecular weight excluding hydrogens is 258 g/mol. The van der Waals surface area contributed by atoms with Crippen LogP contribution < -0.4 is 0 Å². The predicted octanol–water partition coefficient (Wildman–Crippen LogP) is 4.67. The van der Waals surface area contributed by atoms with E-state index in [1.807, 2.05) is 0 Å². The van der Waals surface area contributed by atoms with Crippen LogP contribution in [0.25, 0.3) is 0 Å². The van der Waals surface area contributed by atoms with Crippen LogP contribution in [-0.2, 0) is 5.75 Å². The van der Waals surface area contributed by atoms with Gasteiger partial charge in [-0.3, -0.25) is 10.1 Å². The molecule has 1 aromatic carbocycles. The first kappa shape index (κ1) is 14.3. The third kappa shape index (κ3) is 4.96. The highest BCUT2D eigenvalue weighted by Crippen LogP contribution is 2.26. The molecule has 0 aromatic heterocycles. The molecule has 0 bridgehead atoms. The number of nitro benzene ring substituents is 1. The van der Waals surface area contributed by atoms with Crippen LogP contribution in [0.5, 0.6) is 0 Å². The Labute approximate surface area is 111 Å². The molecule has 1 aromatic rings. The summed E-state index contributed by atoms with van der Waals surface area (Å²) < 4.78 is 0. The van der Waals surface area contributed by atoms with Gasteiger partial charge in [0.2, 0.25) is 0 Å². The Morgan fingerprint density at radius 2 is 2.18 bits per heavy atom. The van der Waals surface area contributed by atoms with Gasteiger partial charge in [0.05, 0.1) is 4.92 Å². The van der Waals surface area contributed by atoms with Crippen molar-refractivity contribution in [1.82, 2.24) is 0 Å². The van der Waals surface area contributed by atoms with E-state index in [2.05, 4.69) is 6.92 Å². The minimum atomic E-state index is -0.387. The van der Waals surface area contributed by atoms with Crippen molar-refractivity contribution in [3.05, 3.63) is 38.9 Å². The molecular formula is C12H16ClNO2S. The Balaban J connectivity index is 2.51. The molecule has 0 aliphatic rings. The number of hydrogen-bond acceptors (Lipinski definition) is 3. The lowest BCUT2D eigenvalue weighted by atomic mass is 10.2. The minimum absolute atomic E-state index is 0.110. The largest absolute Gasteiger partial charge is 0.269 e. The lowest BCUT2D eigenvalue weighted by Crippen LogP contribution is -1.91. The van der Waals surface area contributed by atoms with Gasteiger partial charge in [-0.15, -0.1) is 0 Å². The Morgan fingerprint density at radius 1 is 1.41 bits per heavy atom. The molecule has 17 heavy (non-hydrogen) atoms. The fraction of sp³-hybridized carbons (Fsp3) is 0.500. The molecule has 0 fully saturated rings. The van der Waals surface area contributed by atoms with Crippen LogP contribution in [0.3, 0.4) is 0 Å². The normalized spacial score (nSPS) is 10.5. The molecule has 0 heterocycles. The van der Waals surface area contributed by atoms with Crippen LogP contribution in [0.15, 0.2) is 18.2 Å². The van der Waals surface area contributed by atoms with Gasteiger partial charge >= 0.3 is 0 Å². The van der Waals surface area contributed by atoms with Crippen molar-refractivity contribution in [1.29, 1.82) is 0 Å². The van der Waals surface area contributed by atoms with E-state index in [0.29, 0.717) is 5.02 Å². The van der Waals surface area contributed by atoms with Gasteiger partial charge in [0, 0.05) is 22.9 Å². The Bertz CT molecular complexity index is 385. The van der Waals surface area contributed by atoms with E-state index in [1.54, 1.807) is 23.9 Å². The second-order valence-electron chi connectivity index (χ2n) is 3.79. The van der Waals surface area contributed by atoms with Gasteiger partial charge in [0.1, 0.15) is 0 Å². The predicted molar refractivity (Wildman–Crippen MR) is 73.8 cm³/mol. The average molecular weight is 274 g/mol. The summed E-state index contributed by atoms with van der Waals surface area (Å²) >= 11 is 7.78. The number of benzene rings is 1. The summed E-state index contributed by atoms with van der Waals surface area (Å²) in [5, 5.41) is 11.2. The summed E-state index contributed by atoms with van der Waals surface area (Å²) in [5.41, 5.74) is 0.959. The van der Waals surface area contributed by atoms with E-state index < -0.39 is 0 Å². The zero-order valence-corrected chi connectivity index (χ0v) is 11.4. The molecule has 94 valence electrons. The molecule has 0 aliphatic carbocycles. The smallest absolute Gasteiger partial charge is 0.258 e. The summed E-state index contributed by atoms with van der Waals surface area (Å²) in [6, 6.07) is 4.60. The van der Waals surface area contributed by atoms with Crippen molar-refractivity contribution in [3.63, 3.8) is 0 Å². The molecule has 0 atom stereocenters. The van der Waals surface area contributed by atoms with Crippen molar-refractivity contribution in [2.45, 2.75) is 31.9 Å². The Kier molecular flexibility index (Phi) is 6.37. The second kappa shape index (κ2) is 7.56. The lowest BCUT2D eigenvalue weighted by molar-refractivity contribution is -0.384. The first-order valence-corrected chi connectivity index (χ1v) is 7.19. The molecule has 0 aliphatic heterocycles. The fourth-order valence-corrected chi connectivity index (χ4v) is 2.70. The summed E-state index contributed by atoms with van der Waals surface area (Å²) in [6.07, 6.45) is 3.63. The van der Waals surface area contributed by atoms with Gasteiger partial charge in [-0.2, -0.15) is 11.8 Å². The molecule has 0 radical (unpaired) electrons. The highest BCUT2D eigenvalue weighted by molar-refractivity contribution is 7.98. The third-order valence-corrected chi connectivity index (χ3v) is 3.85. The number of thioether (sulfide) groups is 1. The van der Waals surface area contributed by atoms with Gasteiger partial charge in [0.25, 0.3) is 5.69 Å². The van der Waals surface area contributed by atoms with Crippen molar-refractivity contribution < 1.29 is 4.92 Å². The molecule has 0 saturated carbocycles. The van der Waals surface area contributed by atoms with Crippen LogP contribution in [0.2, 0.25) is 5.02 Å². The Morgan fingerprint density at radius 3 is 2.82 bits per heavy atom. The van der Waals surface area contributed by atoms with Gasteiger partial charge in [-0.05, 0) is 23.8 Å². The van der Waals surface area contributed by atoms with E-state index in [-0.39, 0.29) is 10.6 Å². The molecule has 0 spiro atoms. The Hall–Kier alpha value is -0.740. The number of non-ortho nitro benzene ring substituents is 1. The standard InChI is InChI=1S/C12H16ClNO2S/c1-2-3-4-7-17-9-10-8-11(14(15)16)5-6-12(10)13/h5-6,8H,2-4,7,9H2,1H3. The van der Waals surface area contributed by atoms with Crippen LogP contribution in [0, 0.1) is 10.1 Å². The van der Waals surface area contributed by atoms with Crippen LogP contribution in [-0.4, -0.2) is 10.7 Å². The minimum Gasteiger partial charge on any atom is -0.258 e. The first-order chi connectivity index (χ1) is 8.15. The average Bonchev–Trinajstić information content (AvgIpc) is 2.30. The maximum atomic E-state index is 10.6. The van der Waals surface area contributed by atoms with Crippen molar-refractivity contribution in [2.75, 3.05) is 5.75 Å². The van der Waals surface area contributed by atoms with Gasteiger partial charge in [-0.25, -0.2) is 0 Å². The third-order valence-electron chi connectivity index (χ3n) is 2.39. The number of halogens is 1. The monoisotopic (exact) mass is 273 g/mol. The van der Waals surface area contributed by atoms with Gasteiger partial charge in [-0.1, -0.05) is 31.4 Å². The van der Waals surface area contributed by atoms with Crippen molar-refractivity contribution in [2.24, 2.45) is 0 Å². The van der Waals surface area contributed by atoms with Gasteiger partial charge < -0.3 is 0 Å². The van der Waals surface area contributed by atoms with Gasteiger partial charge in [0.15, 0.2) is 0 Å². The molecule has 0 unspecified atom stereocenters. The molecule has 5 heteroatoms. The van der Waals surface area contributed by atoms with E-state index in [1.165, 1.54) is 25.3 Å². The zero-order chi connectivity index (χ0) is 12.7. The molecule has 0 amide bonds. The number of unbranched alkanes of at least 4 members (excludes halogenated alkanes) is 2. The van der Waals surface area contributed by atoms with Crippen LogP contribution >= 0.6 is 23.4 Å². The summed E-state index contributed by atoms with van der Waals surface area (Å²) in [4.78, 5) is 10.2. The van der Waals surface area contributed by atoms with E-state index in [4.69, 9.17) is 11.6 Å². The summed E-state index contributed by atoms with van der Waals surface area (Å²) in [7, 11) is 0. The maximum absolute atomic E-state index is 10.6. The van der Waals surface area contributed by atoms with E-state index >= 15 is 0 Å². The van der Waals surface area contributed by atoms with Crippen LogP contribution in [0.4, 0.5) is 5.69 Å². The zero-order valence-electron chi connectivity index (χ0n) is 9.82. The molecule has 0 N–H and O–H groups in total. The molecule has 0 saturated heterocycles. The topological polar surface area (TPSA) is 43.1 Å². The summed E-state index contributed by atoms with van der Waals surface area (Å²) in [5.74, 6) is 1.82. The SMILES string of the molecule is CCCCCSCc1cc([N+](=O)[O-])ccc1Cl. The van der Waals surface area contributed by atoms with Crippen molar-refractivity contribution >= 4 is 29.1 Å². The summed E-state index contributed by atoms with van der Waals surface area (Å²) in [6.45, 7) is 2.17. The van der Waals surface area contributed by atoms with Crippen LogP contribution in [0.1, 0.15) is 31.7 Å². The van der Waals surface area contributed by atoms with Crippen molar-refractivity contribution in [3.8, 4) is 0 Å². The molecule has 3 nitrogen and oxygen atoms in total. The highest BCUT2D eigenvalue weighted by atomic mass is 35.5. The maximum Gasteiger partial charge on any atom is 0.269 e. The second-order valence-corrected chi connectivity index (χ2v) is 5.30. The fourth-order valence-electron chi connectivity index (χ4n) is 1.42. The number of hydrogen-bond donors (Lipinski definition) is 0. The first-order valence-electron chi connectivity index (χ1n) is 5.65. The number of rotatable bonds is 7. The molecule has 1 rings (SSSR count). The van der Waals surface area contributed by atoms with E-state index in [0.717, 1.165) is 17.1 Å². The number of nitro groups is 1. The highest BCUT2D eigenvalue weighted by Gasteiger charge is 2.09. The number of nitrogens with zero attached hydrogens (tertiary/aromatic N) is 1.